The van der Waals surface area contributed by atoms with Crippen LogP contribution in [0, 0.1) is 13.8 Å². The molecule has 0 atom stereocenters. The average Bonchev–Trinajstić information content (AvgIpc) is 2.94. The minimum absolute atomic E-state index is 0.00607. The van der Waals surface area contributed by atoms with Crippen LogP contribution in [0.15, 0.2) is 88.2 Å². The number of nitrogens with one attached hydrogen (secondary N) is 1. The van der Waals surface area contributed by atoms with Crippen LogP contribution in [0.5, 0.6) is 0 Å². The highest BCUT2D eigenvalue weighted by Crippen LogP contribution is 2.42. The van der Waals surface area contributed by atoms with Crippen LogP contribution in [0.4, 0.5) is 5.69 Å². The van der Waals surface area contributed by atoms with Crippen LogP contribution in [0.1, 0.15) is 64.7 Å². The molecule has 3 aromatic rings. The zero-order valence-electron chi connectivity index (χ0n) is 22.1. The summed E-state index contributed by atoms with van der Waals surface area (Å²) in [5, 5.41) is 3.04. The van der Waals surface area contributed by atoms with E-state index in [-0.39, 0.29) is 11.8 Å². The molecule has 2 aliphatic rings. The van der Waals surface area contributed by atoms with Crippen molar-refractivity contribution in [2.75, 3.05) is 11.4 Å². The van der Waals surface area contributed by atoms with E-state index in [2.05, 4.69) is 49.5 Å². The molecule has 0 saturated carbocycles. The average molecular weight is 523 g/mol. The minimum Gasteiger partial charge on any atom is -0.352 e. The summed E-state index contributed by atoms with van der Waals surface area (Å²) in [4.78, 5) is 29.9. The van der Waals surface area contributed by atoms with Crippen LogP contribution < -0.4 is 10.2 Å². The molecule has 5 heteroatoms. The van der Waals surface area contributed by atoms with Gasteiger partial charge < -0.3 is 10.2 Å². The summed E-state index contributed by atoms with van der Waals surface area (Å²) in [6.45, 7) is 5.36. The first-order chi connectivity index (χ1) is 18.5. The molecule has 1 heterocycles. The van der Waals surface area contributed by atoms with Gasteiger partial charge in [0.1, 0.15) is 0 Å². The van der Waals surface area contributed by atoms with E-state index in [0.29, 0.717) is 23.6 Å². The molecular formula is C33H34N2O2S. The van der Waals surface area contributed by atoms with Crippen LogP contribution in [0.25, 0.3) is 6.08 Å². The predicted octanol–water partition coefficient (Wildman–Crippen LogP) is 7.60. The molecule has 194 valence electrons. The Morgan fingerprint density at radius 2 is 1.84 bits per heavy atom. The van der Waals surface area contributed by atoms with Gasteiger partial charge in [-0.25, -0.2) is 0 Å². The predicted molar refractivity (Wildman–Crippen MR) is 157 cm³/mol. The molecule has 1 N–H and O–H groups in total. The Balaban J connectivity index is 1.31. The summed E-state index contributed by atoms with van der Waals surface area (Å²) in [5.74, 6) is -0.0641. The van der Waals surface area contributed by atoms with E-state index in [1.54, 1.807) is 0 Å². The largest absolute Gasteiger partial charge is 0.352 e. The molecule has 0 unspecified atom stereocenters. The number of amides is 2. The van der Waals surface area contributed by atoms with E-state index in [0.717, 1.165) is 41.0 Å². The summed E-state index contributed by atoms with van der Waals surface area (Å²) in [6, 6.07) is 21.9. The lowest BCUT2D eigenvalue weighted by molar-refractivity contribution is -0.114. The number of benzene rings is 3. The molecule has 0 aromatic heterocycles. The summed E-state index contributed by atoms with van der Waals surface area (Å²) in [5.41, 5.74) is 7.44. The highest BCUT2D eigenvalue weighted by atomic mass is 32.2. The fourth-order valence-electron chi connectivity index (χ4n) is 5.01. The van der Waals surface area contributed by atoms with Crippen molar-refractivity contribution in [2.45, 2.75) is 57.4 Å². The number of carbonyl (C=O) groups excluding carboxylic acids is 2. The molecule has 0 spiro atoms. The fourth-order valence-corrected chi connectivity index (χ4v) is 6.07. The Morgan fingerprint density at radius 1 is 1.03 bits per heavy atom. The van der Waals surface area contributed by atoms with Gasteiger partial charge in [-0.2, -0.15) is 0 Å². The van der Waals surface area contributed by atoms with E-state index < -0.39 is 0 Å². The molecule has 2 amide bonds. The minimum atomic E-state index is -0.0580. The summed E-state index contributed by atoms with van der Waals surface area (Å²) >= 11 is 1.50. The lowest BCUT2D eigenvalue weighted by Gasteiger charge is -2.31. The second-order valence-electron chi connectivity index (χ2n) is 10.1. The van der Waals surface area contributed by atoms with Gasteiger partial charge in [0, 0.05) is 17.0 Å². The van der Waals surface area contributed by atoms with Crippen molar-refractivity contribution in [1.82, 2.24) is 5.32 Å². The van der Waals surface area contributed by atoms with Crippen molar-refractivity contribution in [2.24, 2.45) is 0 Å². The van der Waals surface area contributed by atoms with Crippen molar-refractivity contribution in [3.05, 3.63) is 111 Å². The number of para-hydroxylation sites is 1. The molecule has 0 radical (unpaired) electrons. The summed E-state index contributed by atoms with van der Waals surface area (Å²) in [6.07, 6.45) is 10.0. The molecular weight excluding hydrogens is 488 g/mol. The first-order valence-electron chi connectivity index (χ1n) is 13.4. The highest BCUT2D eigenvalue weighted by Gasteiger charge is 2.29. The number of carbonyl (C=O) groups is 2. The van der Waals surface area contributed by atoms with E-state index >= 15 is 0 Å². The van der Waals surface area contributed by atoms with Crippen molar-refractivity contribution in [3.8, 4) is 0 Å². The molecule has 5 rings (SSSR count). The third kappa shape index (κ3) is 6.11. The summed E-state index contributed by atoms with van der Waals surface area (Å²) < 4.78 is 0. The van der Waals surface area contributed by atoms with Gasteiger partial charge in [-0.1, -0.05) is 71.4 Å². The van der Waals surface area contributed by atoms with E-state index in [1.165, 1.54) is 41.3 Å². The molecule has 1 aliphatic carbocycles. The number of fused-ring (bicyclic) bond motifs is 1. The Labute approximate surface area is 229 Å². The van der Waals surface area contributed by atoms with E-state index in [9.17, 15) is 9.59 Å². The third-order valence-corrected chi connectivity index (χ3v) is 8.33. The zero-order chi connectivity index (χ0) is 26.5. The van der Waals surface area contributed by atoms with E-state index in [4.69, 9.17) is 0 Å². The number of rotatable bonds is 7. The van der Waals surface area contributed by atoms with Crippen LogP contribution >= 0.6 is 11.8 Å². The van der Waals surface area contributed by atoms with Gasteiger partial charge >= 0.3 is 0 Å². The lowest BCUT2D eigenvalue weighted by atomic mass is 9.97. The topological polar surface area (TPSA) is 49.4 Å². The standard InChI is InChI=1S/C33H34N2O2S/c1-23-12-13-24(2)28(20-23)22-35-29-10-6-7-11-30(29)38-31(33(35)37)21-26-14-16-27(17-15-26)32(36)34-19-18-25-8-4-3-5-9-25/h6-8,10-17,20-21H,3-5,9,18-19,22H2,1-2H3,(H,34,36)/b31-21-. The Morgan fingerprint density at radius 3 is 2.63 bits per heavy atom. The number of anilines is 1. The fraction of sp³-hybridized carbons (Fsp3) is 0.273. The first kappa shape index (κ1) is 26.1. The SMILES string of the molecule is Cc1ccc(C)c(CN2C(=O)/C(=C/c3ccc(C(=O)NCCC4=CCCCC4)cc3)Sc3ccccc32)c1. The number of hydrogen-bond acceptors (Lipinski definition) is 3. The highest BCUT2D eigenvalue weighted by molar-refractivity contribution is 8.04. The Hall–Kier alpha value is -3.57. The van der Waals surface area contributed by atoms with Gasteiger partial charge in [-0.15, -0.1) is 0 Å². The van der Waals surface area contributed by atoms with Crippen molar-refractivity contribution in [3.63, 3.8) is 0 Å². The first-order valence-corrected chi connectivity index (χ1v) is 14.2. The van der Waals surface area contributed by atoms with Crippen molar-refractivity contribution < 1.29 is 9.59 Å². The third-order valence-electron chi connectivity index (χ3n) is 7.25. The number of nitrogens with zero attached hydrogens (tertiary/aromatic N) is 1. The zero-order valence-corrected chi connectivity index (χ0v) is 22.9. The van der Waals surface area contributed by atoms with Gasteiger partial charge in [-0.3, -0.25) is 9.59 Å². The maximum absolute atomic E-state index is 13.7. The van der Waals surface area contributed by atoms with E-state index in [1.807, 2.05) is 53.4 Å². The Bertz CT molecular complexity index is 1400. The van der Waals surface area contributed by atoms with Crippen LogP contribution in [0.2, 0.25) is 0 Å². The van der Waals surface area contributed by atoms with Gasteiger partial charge in [0.05, 0.1) is 17.1 Å². The maximum Gasteiger partial charge on any atom is 0.265 e. The number of hydrogen-bond donors (Lipinski definition) is 1. The number of aryl methyl sites for hydroxylation is 2. The molecule has 38 heavy (non-hydrogen) atoms. The molecule has 3 aromatic carbocycles. The number of allylic oxidation sites excluding steroid dienone is 1. The number of thioether (sulfide) groups is 1. The smallest absolute Gasteiger partial charge is 0.265 e. The van der Waals surface area contributed by atoms with Crippen LogP contribution in [0.3, 0.4) is 0 Å². The molecule has 4 nitrogen and oxygen atoms in total. The van der Waals surface area contributed by atoms with Crippen molar-refractivity contribution in [1.29, 1.82) is 0 Å². The van der Waals surface area contributed by atoms with Gasteiger partial charge in [0.2, 0.25) is 0 Å². The second kappa shape index (κ2) is 11.9. The Kier molecular flexibility index (Phi) is 8.14. The van der Waals surface area contributed by atoms with Crippen molar-refractivity contribution >= 4 is 35.3 Å². The quantitative estimate of drug-likeness (QED) is 0.257. The molecule has 0 fully saturated rings. The second-order valence-corrected chi connectivity index (χ2v) is 11.2. The summed E-state index contributed by atoms with van der Waals surface area (Å²) in [7, 11) is 0. The van der Waals surface area contributed by atoms with Crippen LogP contribution in [-0.4, -0.2) is 18.4 Å². The lowest BCUT2D eigenvalue weighted by Crippen LogP contribution is -2.34. The van der Waals surface area contributed by atoms with Gasteiger partial charge in [-0.05, 0) is 93.0 Å². The normalized spacial score (nSPS) is 16.3. The van der Waals surface area contributed by atoms with Gasteiger partial charge in [0.15, 0.2) is 0 Å². The molecule has 0 saturated heterocycles. The van der Waals surface area contributed by atoms with Crippen LogP contribution in [-0.2, 0) is 11.3 Å². The van der Waals surface area contributed by atoms with Gasteiger partial charge in [0.25, 0.3) is 11.8 Å². The molecule has 0 bridgehead atoms. The maximum atomic E-state index is 13.7. The molecule has 1 aliphatic heterocycles. The monoisotopic (exact) mass is 522 g/mol.